The van der Waals surface area contributed by atoms with Gasteiger partial charge in [-0.15, -0.1) is 6.58 Å². The van der Waals surface area contributed by atoms with Crippen LogP contribution < -0.4 is 0 Å². The minimum absolute atomic E-state index is 0.0561. The van der Waals surface area contributed by atoms with Crippen molar-refractivity contribution in [2.45, 2.75) is 6.92 Å². The topological polar surface area (TPSA) is 88.7 Å². The summed E-state index contributed by atoms with van der Waals surface area (Å²) >= 11 is 1.16. The molecule has 136 valence electrons. The lowest BCUT2D eigenvalue weighted by Gasteiger charge is -2.12. The molecule has 0 aliphatic carbocycles. The van der Waals surface area contributed by atoms with Crippen LogP contribution in [-0.2, 0) is 4.79 Å². The van der Waals surface area contributed by atoms with E-state index in [1.54, 1.807) is 30.3 Å². The lowest BCUT2D eigenvalue weighted by molar-refractivity contribution is -0.385. The Hall–Kier alpha value is -3.26. The summed E-state index contributed by atoms with van der Waals surface area (Å²) in [5.74, 6) is 0.218. The van der Waals surface area contributed by atoms with Gasteiger partial charge in [0, 0.05) is 18.3 Å². The van der Waals surface area contributed by atoms with Crippen LogP contribution in [0.1, 0.15) is 11.3 Å². The summed E-state index contributed by atoms with van der Waals surface area (Å²) in [4.78, 5) is 34.1. The Bertz CT molecular complexity index is 984. The number of amides is 1. The van der Waals surface area contributed by atoms with E-state index in [0.717, 1.165) is 17.5 Å². The van der Waals surface area contributed by atoms with Crippen molar-refractivity contribution in [3.63, 3.8) is 0 Å². The monoisotopic (exact) mass is 380 g/mol. The first-order valence-corrected chi connectivity index (χ1v) is 8.89. The average molecular weight is 380 g/mol. The Morgan fingerprint density at radius 1 is 1.30 bits per heavy atom. The van der Waals surface area contributed by atoms with Crippen LogP contribution in [0.25, 0.3) is 6.08 Å². The fourth-order valence-electron chi connectivity index (χ4n) is 2.49. The summed E-state index contributed by atoms with van der Waals surface area (Å²) in [6.07, 6.45) is 3.12. The van der Waals surface area contributed by atoms with Crippen molar-refractivity contribution in [1.82, 2.24) is 9.88 Å². The van der Waals surface area contributed by atoms with Gasteiger partial charge in [-0.3, -0.25) is 19.8 Å². The zero-order valence-corrected chi connectivity index (χ0v) is 15.3. The number of carbonyl (C=O) groups is 1. The highest BCUT2D eigenvalue weighted by molar-refractivity contribution is 8.18. The van der Waals surface area contributed by atoms with E-state index in [1.807, 2.05) is 19.1 Å². The van der Waals surface area contributed by atoms with Crippen LogP contribution in [0.4, 0.5) is 11.5 Å². The van der Waals surface area contributed by atoms with E-state index < -0.39 is 4.92 Å². The third-order valence-corrected chi connectivity index (χ3v) is 4.71. The molecule has 0 saturated carbocycles. The van der Waals surface area contributed by atoms with Crippen molar-refractivity contribution in [1.29, 1.82) is 0 Å². The smallest absolute Gasteiger partial charge is 0.276 e. The molecule has 3 rings (SSSR count). The number of pyridine rings is 1. The van der Waals surface area contributed by atoms with Gasteiger partial charge >= 0.3 is 0 Å². The molecule has 1 fully saturated rings. The summed E-state index contributed by atoms with van der Waals surface area (Å²) in [5.41, 5.74) is 1.13. The number of hydrogen-bond donors (Lipinski definition) is 0. The van der Waals surface area contributed by atoms with Crippen molar-refractivity contribution >= 4 is 40.4 Å². The minimum atomic E-state index is -0.469. The number of amidine groups is 1. The number of carbonyl (C=O) groups excluding carboxylic acids is 1. The molecule has 27 heavy (non-hydrogen) atoms. The Morgan fingerprint density at radius 2 is 2.07 bits per heavy atom. The number of hydrogen-bond acceptors (Lipinski definition) is 6. The lowest BCUT2D eigenvalue weighted by atomic mass is 10.1. The summed E-state index contributed by atoms with van der Waals surface area (Å²) < 4.78 is 0. The number of aliphatic imine (C=N–C) groups is 1. The van der Waals surface area contributed by atoms with Crippen molar-refractivity contribution in [2.75, 3.05) is 6.54 Å². The first-order chi connectivity index (χ1) is 13.0. The minimum Gasteiger partial charge on any atom is -0.282 e. The molecule has 0 bridgehead atoms. The van der Waals surface area contributed by atoms with E-state index in [9.17, 15) is 14.9 Å². The van der Waals surface area contributed by atoms with Crippen LogP contribution in [0.2, 0.25) is 0 Å². The molecular formula is C19H16N4O3S. The Morgan fingerprint density at radius 3 is 2.78 bits per heavy atom. The molecule has 2 heterocycles. The van der Waals surface area contributed by atoms with Crippen molar-refractivity contribution in [2.24, 2.45) is 4.99 Å². The summed E-state index contributed by atoms with van der Waals surface area (Å²) in [7, 11) is 0. The third-order valence-electron chi connectivity index (χ3n) is 3.70. The molecule has 1 aromatic heterocycles. The van der Waals surface area contributed by atoms with Crippen molar-refractivity contribution < 1.29 is 9.72 Å². The van der Waals surface area contributed by atoms with Gasteiger partial charge in [-0.25, -0.2) is 9.98 Å². The molecule has 0 N–H and O–H groups in total. The summed E-state index contributed by atoms with van der Waals surface area (Å²) in [6, 6.07) is 11.7. The summed E-state index contributed by atoms with van der Waals surface area (Å²) in [5, 5.41) is 11.7. The normalized spacial score (nSPS) is 16.9. The zero-order valence-electron chi connectivity index (χ0n) is 14.5. The molecule has 1 aromatic carbocycles. The number of rotatable bonds is 5. The molecule has 0 spiro atoms. The highest BCUT2D eigenvalue weighted by Crippen LogP contribution is 2.35. The van der Waals surface area contributed by atoms with Gasteiger partial charge in [0.1, 0.15) is 0 Å². The highest BCUT2D eigenvalue weighted by Gasteiger charge is 2.33. The predicted molar refractivity (Wildman–Crippen MR) is 107 cm³/mol. The SMILES string of the molecule is C=CCN1C(=O)/C(=C/c2ccccc2[N+](=O)[O-])S/C1=N/c1cccc(C)n1. The van der Waals surface area contributed by atoms with Gasteiger partial charge < -0.3 is 0 Å². The fraction of sp³-hybridized carbons (Fsp3) is 0.105. The van der Waals surface area contributed by atoms with Gasteiger partial charge in [-0.05, 0) is 43.0 Å². The molecule has 0 atom stereocenters. The number of nitrogens with zero attached hydrogens (tertiary/aromatic N) is 4. The number of nitro groups is 1. The maximum atomic E-state index is 12.8. The Balaban J connectivity index is 2.01. The molecule has 1 amide bonds. The molecule has 1 aliphatic heterocycles. The zero-order chi connectivity index (χ0) is 19.4. The van der Waals surface area contributed by atoms with E-state index in [1.165, 1.54) is 17.0 Å². The van der Waals surface area contributed by atoms with Gasteiger partial charge in [0.25, 0.3) is 11.6 Å². The van der Waals surface area contributed by atoms with Crippen molar-refractivity contribution in [3.8, 4) is 0 Å². The molecule has 7 nitrogen and oxygen atoms in total. The second-order valence-corrected chi connectivity index (χ2v) is 6.67. The van der Waals surface area contributed by atoms with Crippen LogP contribution in [0.15, 0.2) is 65.0 Å². The quantitative estimate of drug-likeness (QED) is 0.337. The fourth-order valence-corrected chi connectivity index (χ4v) is 3.47. The maximum Gasteiger partial charge on any atom is 0.276 e. The Labute approximate surface area is 160 Å². The largest absolute Gasteiger partial charge is 0.282 e. The van der Waals surface area contributed by atoms with E-state index in [2.05, 4.69) is 16.6 Å². The highest BCUT2D eigenvalue weighted by atomic mass is 32.2. The maximum absolute atomic E-state index is 12.8. The van der Waals surface area contributed by atoms with E-state index in [4.69, 9.17) is 0 Å². The van der Waals surface area contributed by atoms with Gasteiger partial charge in [0.15, 0.2) is 11.0 Å². The van der Waals surface area contributed by atoms with Gasteiger partial charge in [-0.1, -0.05) is 24.3 Å². The number of para-hydroxylation sites is 1. The molecule has 1 saturated heterocycles. The number of benzene rings is 1. The van der Waals surface area contributed by atoms with Crippen LogP contribution in [-0.4, -0.2) is 32.4 Å². The summed E-state index contributed by atoms with van der Waals surface area (Å²) in [6.45, 7) is 5.82. The molecule has 2 aromatic rings. The van der Waals surface area contributed by atoms with E-state index in [-0.39, 0.29) is 18.1 Å². The second-order valence-electron chi connectivity index (χ2n) is 5.66. The Kier molecular flexibility index (Phi) is 5.46. The first-order valence-electron chi connectivity index (χ1n) is 8.07. The molecular weight excluding hydrogens is 364 g/mol. The number of aromatic nitrogens is 1. The van der Waals surface area contributed by atoms with Crippen LogP contribution in [0.5, 0.6) is 0 Å². The number of nitro benzene ring substituents is 1. The van der Waals surface area contributed by atoms with Gasteiger partial charge in [0.2, 0.25) is 0 Å². The molecule has 1 aliphatic rings. The van der Waals surface area contributed by atoms with Crippen LogP contribution in [0, 0.1) is 17.0 Å². The molecule has 8 heteroatoms. The van der Waals surface area contributed by atoms with Crippen LogP contribution >= 0.6 is 11.8 Å². The van der Waals surface area contributed by atoms with E-state index in [0.29, 0.717) is 21.5 Å². The standard InChI is InChI=1S/C19H16N4O3S/c1-3-11-22-18(24)16(12-14-8-4-5-9-15(14)23(25)26)27-19(22)21-17-10-6-7-13(2)20-17/h3-10,12H,1,11H2,2H3/b16-12-,21-19+. The van der Waals surface area contributed by atoms with Crippen molar-refractivity contribution in [3.05, 3.63) is 81.4 Å². The lowest BCUT2D eigenvalue weighted by Crippen LogP contribution is -2.29. The van der Waals surface area contributed by atoms with Gasteiger partial charge in [0.05, 0.1) is 15.4 Å². The number of thioether (sulfide) groups is 1. The third kappa shape index (κ3) is 4.12. The van der Waals surface area contributed by atoms with Gasteiger partial charge in [-0.2, -0.15) is 0 Å². The molecule has 0 radical (unpaired) electrons. The number of aryl methyl sites for hydroxylation is 1. The first kappa shape index (κ1) is 18.5. The predicted octanol–water partition coefficient (Wildman–Crippen LogP) is 4.09. The average Bonchev–Trinajstić information content (AvgIpc) is 2.91. The van der Waals surface area contributed by atoms with Crippen LogP contribution in [0.3, 0.4) is 0 Å². The second kappa shape index (κ2) is 7.96. The molecule has 0 unspecified atom stereocenters. The van der Waals surface area contributed by atoms with E-state index >= 15 is 0 Å².